The van der Waals surface area contributed by atoms with Crippen molar-refractivity contribution in [2.24, 2.45) is 0 Å². The lowest BCUT2D eigenvalue weighted by molar-refractivity contribution is -0.131. The lowest BCUT2D eigenvalue weighted by Crippen LogP contribution is -2.40. The molecule has 1 aromatic carbocycles. The number of halogens is 4. The summed E-state index contributed by atoms with van der Waals surface area (Å²) < 4.78 is 26.7. The van der Waals surface area contributed by atoms with E-state index in [0.29, 0.717) is 5.69 Å². The molecule has 0 radical (unpaired) electrons. The van der Waals surface area contributed by atoms with Crippen LogP contribution in [0.3, 0.4) is 0 Å². The van der Waals surface area contributed by atoms with Gasteiger partial charge < -0.3 is 4.90 Å². The van der Waals surface area contributed by atoms with E-state index in [4.69, 9.17) is 0 Å². The van der Waals surface area contributed by atoms with Crippen molar-refractivity contribution in [2.75, 3.05) is 11.4 Å². The standard InChI is InChI=1S/C11H9Br2F2NO/c1-2-7-16(10(17)11(13,14)15)9-5-3-8(12)4-6-9/h2-6H,1,7H2. The highest BCUT2D eigenvalue weighted by Crippen LogP contribution is 2.28. The Morgan fingerprint density at radius 1 is 1.41 bits per heavy atom. The van der Waals surface area contributed by atoms with Gasteiger partial charge in [0.1, 0.15) is 0 Å². The number of anilines is 1. The van der Waals surface area contributed by atoms with Gasteiger partial charge in [-0.25, -0.2) is 0 Å². The first-order chi connectivity index (χ1) is 7.86. The molecule has 0 unspecified atom stereocenters. The zero-order valence-corrected chi connectivity index (χ0v) is 11.8. The predicted octanol–water partition coefficient (Wildman–Crippen LogP) is 3.96. The van der Waals surface area contributed by atoms with Crippen molar-refractivity contribution in [3.05, 3.63) is 41.4 Å². The van der Waals surface area contributed by atoms with E-state index in [9.17, 15) is 13.6 Å². The van der Waals surface area contributed by atoms with Gasteiger partial charge in [-0.05, 0) is 24.3 Å². The molecule has 0 aliphatic heterocycles. The van der Waals surface area contributed by atoms with Crippen molar-refractivity contribution in [2.45, 2.75) is 4.83 Å². The van der Waals surface area contributed by atoms with Gasteiger partial charge in [0.25, 0.3) is 0 Å². The van der Waals surface area contributed by atoms with E-state index in [-0.39, 0.29) is 6.54 Å². The Labute approximate surface area is 115 Å². The van der Waals surface area contributed by atoms with E-state index in [0.717, 1.165) is 9.37 Å². The van der Waals surface area contributed by atoms with Crippen LogP contribution in [-0.4, -0.2) is 17.3 Å². The van der Waals surface area contributed by atoms with Gasteiger partial charge in [-0.15, -0.1) is 6.58 Å². The fraction of sp³-hybridized carbons (Fsp3) is 0.182. The van der Waals surface area contributed by atoms with E-state index < -0.39 is 10.7 Å². The van der Waals surface area contributed by atoms with E-state index >= 15 is 0 Å². The number of carbonyl (C=O) groups is 1. The minimum atomic E-state index is -3.58. The SMILES string of the molecule is C=CCN(C(=O)C(F)(F)Br)c1ccc(Br)cc1. The van der Waals surface area contributed by atoms with Gasteiger partial charge in [0.2, 0.25) is 0 Å². The molecular formula is C11H9Br2F2NO. The summed E-state index contributed by atoms with van der Waals surface area (Å²) in [7, 11) is 0. The zero-order valence-electron chi connectivity index (χ0n) is 8.67. The van der Waals surface area contributed by atoms with E-state index in [1.807, 2.05) is 0 Å². The molecule has 92 valence electrons. The molecule has 6 heteroatoms. The van der Waals surface area contributed by atoms with Crippen LogP contribution in [0.15, 0.2) is 41.4 Å². The molecule has 1 aromatic rings. The maximum absolute atomic E-state index is 12.9. The summed E-state index contributed by atoms with van der Waals surface area (Å²) in [6.07, 6.45) is 1.39. The Kier molecular flexibility index (Phi) is 4.82. The molecule has 0 aliphatic rings. The second kappa shape index (κ2) is 5.73. The van der Waals surface area contributed by atoms with Crippen LogP contribution < -0.4 is 4.90 Å². The molecule has 0 fully saturated rings. The summed E-state index contributed by atoms with van der Waals surface area (Å²) in [5.74, 6) is -1.32. The number of alkyl halides is 3. The first-order valence-electron chi connectivity index (χ1n) is 4.61. The molecule has 0 aromatic heterocycles. The summed E-state index contributed by atoms with van der Waals surface area (Å²) in [4.78, 5) is 8.88. The quantitative estimate of drug-likeness (QED) is 0.582. The second-order valence-corrected chi connectivity index (χ2v) is 5.09. The zero-order chi connectivity index (χ0) is 13.1. The predicted molar refractivity (Wildman–Crippen MR) is 70.6 cm³/mol. The summed E-state index contributed by atoms with van der Waals surface area (Å²) in [5.41, 5.74) is 0.386. The molecule has 0 saturated heterocycles. The van der Waals surface area contributed by atoms with Crippen LogP contribution in [-0.2, 0) is 4.79 Å². The van der Waals surface area contributed by atoms with Gasteiger partial charge in [0.05, 0.1) is 0 Å². The lowest BCUT2D eigenvalue weighted by atomic mass is 10.3. The van der Waals surface area contributed by atoms with Gasteiger partial charge in [-0.3, -0.25) is 4.79 Å². The molecule has 0 spiro atoms. The average molecular weight is 369 g/mol. The van der Waals surface area contributed by atoms with Crippen LogP contribution in [0.2, 0.25) is 0 Å². The third-order valence-electron chi connectivity index (χ3n) is 1.94. The van der Waals surface area contributed by atoms with Gasteiger partial charge >= 0.3 is 10.7 Å². The Balaban J connectivity index is 3.05. The van der Waals surface area contributed by atoms with E-state index in [1.165, 1.54) is 6.08 Å². The molecule has 0 heterocycles. The van der Waals surface area contributed by atoms with Crippen molar-refractivity contribution >= 4 is 43.5 Å². The maximum atomic E-state index is 12.9. The third kappa shape index (κ3) is 3.89. The van der Waals surface area contributed by atoms with Crippen molar-refractivity contribution in [3.8, 4) is 0 Å². The lowest BCUT2D eigenvalue weighted by Gasteiger charge is -2.23. The number of carbonyl (C=O) groups excluding carboxylic acids is 1. The van der Waals surface area contributed by atoms with E-state index in [1.54, 1.807) is 24.3 Å². The van der Waals surface area contributed by atoms with Crippen LogP contribution in [0.5, 0.6) is 0 Å². The summed E-state index contributed by atoms with van der Waals surface area (Å²) in [6.45, 7) is 3.46. The molecule has 17 heavy (non-hydrogen) atoms. The smallest absolute Gasteiger partial charge is 0.303 e. The molecule has 0 saturated carbocycles. The fourth-order valence-electron chi connectivity index (χ4n) is 1.21. The van der Waals surface area contributed by atoms with Gasteiger partial charge in [0, 0.05) is 32.6 Å². The number of hydrogen-bond donors (Lipinski definition) is 0. The number of amides is 1. The Morgan fingerprint density at radius 2 is 1.94 bits per heavy atom. The van der Waals surface area contributed by atoms with Crippen molar-refractivity contribution in [1.29, 1.82) is 0 Å². The van der Waals surface area contributed by atoms with Gasteiger partial charge in [-0.1, -0.05) is 22.0 Å². The van der Waals surface area contributed by atoms with Crippen LogP contribution in [0.4, 0.5) is 14.5 Å². The monoisotopic (exact) mass is 367 g/mol. The summed E-state index contributed by atoms with van der Waals surface area (Å²) in [6, 6.07) is 6.49. The molecule has 0 aliphatic carbocycles. The summed E-state index contributed by atoms with van der Waals surface area (Å²) >= 11 is 5.29. The first kappa shape index (κ1) is 14.3. The maximum Gasteiger partial charge on any atom is 0.378 e. The highest BCUT2D eigenvalue weighted by Gasteiger charge is 2.39. The van der Waals surface area contributed by atoms with Crippen molar-refractivity contribution < 1.29 is 13.6 Å². The number of hydrogen-bond acceptors (Lipinski definition) is 1. The Hall–Kier alpha value is -0.750. The highest BCUT2D eigenvalue weighted by molar-refractivity contribution is 9.10. The average Bonchev–Trinajstić information content (AvgIpc) is 2.25. The molecule has 0 atom stereocenters. The number of nitrogens with zero attached hydrogens (tertiary/aromatic N) is 1. The topological polar surface area (TPSA) is 20.3 Å². The number of rotatable bonds is 4. The van der Waals surface area contributed by atoms with Crippen LogP contribution in [0.25, 0.3) is 0 Å². The first-order valence-corrected chi connectivity index (χ1v) is 6.20. The fourth-order valence-corrected chi connectivity index (χ4v) is 1.69. The molecular weight excluding hydrogens is 360 g/mol. The molecule has 0 N–H and O–H groups in total. The van der Waals surface area contributed by atoms with Gasteiger partial charge in [-0.2, -0.15) is 8.78 Å². The van der Waals surface area contributed by atoms with Crippen LogP contribution in [0.1, 0.15) is 0 Å². The van der Waals surface area contributed by atoms with Gasteiger partial charge in [0.15, 0.2) is 0 Å². The minimum Gasteiger partial charge on any atom is -0.303 e. The largest absolute Gasteiger partial charge is 0.378 e. The molecule has 1 amide bonds. The highest BCUT2D eigenvalue weighted by atomic mass is 79.9. The number of benzene rings is 1. The van der Waals surface area contributed by atoms with Crippen LogP contribution >= 0.6 is 31.9 Å². The molecule has 2 nitrogen and oxygen atoms in total. The van der Waals surface area contributed by atoms with Crippen molar-refractivity contribution in [3.63, 3.8) is 0 Å². The normalized spacial score (nSPS) is 11.1. The third-order valence-corrected chi connectivity index (χ3v) is 2.81. The molecule has 0 bridgehead atoms. The second-order valence-electron chi connectivity index (χ2n) is 3.18. The van der Waals surface area contributed by atoms with E-state index in [2.05, 4.69) is 38.4 Å². The minimum absolute atomic E-state index is 0.0155. The van der Waals surface area contributed by atoms with Crippen LogP contribution in [0, 0.1) is 0 Å². The van der Waals surface area contributed by atoms with Crippen molar-refractivity contribution in [1.82, 2.24) is 0 Å². The Bertz CT molecular complexity index is 414. The summed E-state index contributed by atoms with van der Waals surface area (Å²) in [5, 5.41) is 0. The molecule has 1 rings (SSSR count). The Morgan fingerprint density at radius 3 is 2.35 bits per heavy atom.